The van der Waals surface area contributed by atoms with Gasteiger partial charge in [0.15, 0.2) is 5.79 Å². The van der Waals surface area contributed by atoms with Crippen molar-refractivity contribution in [3.05, 3.63) is 59.8 Å². The first-order chi connectivity index (χ1) is 19.0. The van der Waals surface area contributed by atoms with E-state index in [9.17, 15) is 14.7 Å². The lowest BCUT2D eigenvalue weighted by molar-refractivity contribution is -0.324. The lowest BCUT2D eigenvalue weighted by Crippen LogP contribution is -2.52. The van der Waals surface area contributed by atoms with E-state index in [0.717, 1.165) is 62.2 Å². The van der Waals surface area contributed by atoms with E-state index in [4.69, 9.17) is 14.6 Å². The van der Waals surface area contributed by atoms with E-state index in [1.165, 1.54) is 6.08 Å². The van der Waals surface area contributed by atoms with Crippen molar-refractivity contribution < 1.29 is 29.3 Å². The molecule has 6 nitrogen and oxygen atoms in total. The maximum Gasteiger partial charge on any atom is 0.327 e. The predicted molar refractivity (Wildman–Crippen MR) is 161 cm³/mol. The molecule has 0 aromatic rings. The average molecular weight is 557 g/mol. The summed E-state index contributed by atoms with van der Waals surface area (Å²) in [6.45, 7) is 12.2. The van der Waals surface area contributed by atoms with E-state index in [1.54, 1.807) is 13.0 Å². The zero-order chi connectivity index (χ0) is 29.7. The van der Waals surface area contributed by atoms with E-state index in [1.807, 2.05) is 32.9 Å². The summed E-state index contributed by atoms with van der Waals surface area (Å²) in [4.78, 5) is 22.4. The smallest absolute Gasteiger partial charge is 0.327 e. The molecule has 1 spiro atoms. The number of aliphatic carboxylic acids is 1. The van der Waals surface area contributed by atoms with E-state index in [0.29, 0.717) is 24.7 Å². The number of allylic oxidation sites excluding steroid dienone is 5. The van der Waals surface area contributed by atoms with Crippen molar-refractivity contribution in [2.24, 2.45) is 17.8 Å². The zero-order valence-electron chi connectivity index (χ0n) is 25.5. The van der Waals surface area contributed by atoms with Gasteiger partial charge < -0.3 is 19.7 Å². The highest BCUT2D eigenvalue weighted by Crippen LogP contribution is 2.44. The third-order valence-corrected chi connectivity index (χ3v) is 8.26. The number of Topliss-reactive ketones (excluding diaryl/α,β-unsaturated/α-hetero) is 1. The number of ether oxygens (including phenoxy) is 2. The molecule has 0 bridgehead atoms. The van der Waals surface area contributed by atoms with Crippen LogP contribution in [0.5, 0.6) is 0 Å². The Balaban J connectivity index is 2.06. The van der Waals surface area contributed by atoms with Gasteiger partial charge in [0.2, 0.25) is 0 Å². The van der Waals surface area contributed by atoms with Gasteiger partial charge in [-0.2, -0.15) is 0 Å². The Labute approximate surface area is 241 Å². The Morgan fingerprint density at radius 1 is 1.00 bits per heavy atom. The fraction of sp³-hybridized carbons (Fsp3) is 0.647. The first-order valence-electron chi connectivity index (χ1n) is 15.1. The van der Waals surface area contributed by atoms with Gasteiger partial charge in [-0.1, -0.05) is 87.8 Å². The summed E-state index contributed by atoms with van der Waals surface area (Å²) in [5.41, 5.74) is 2.11. The van der Waals surface area contributed by atoms with Gasteiger partial charge in [0, 0.05) is 37.7 Å². The third-order valence-electron chi connectivity index (χ3n) is 8.26. The zero-order valence-corrected chi connectivity index (χ0v) is 25.5. The molecule has 0 aliphatic carbocycles. The van der Waals surface area contributed by atoms with Gasteiger partial charge in [0.05, 0.1) is 18.3 Å². The summed E-state index contributed by atoms with van der Waals surface area (Å²) < 4.78 is 13.5. The van der Waals surface area contributed by atoms with Crippen molar-refractivity contribution in [1.29, 1.82) is 0 Å². The third kappa shape index (κ3) is 11.3. The molecule has 0 amide bonds. The lowest BCUT2D eigenvalue weighted by Gasteiger charge is -2.49. The van der Waals surface area contributed by atoms with Crippen molar-refractivity contribution in [2.45, 2.75) is 123 Å². The summed E-state index contributed by atoms with van der Waals surface area (Å²) in [7, 11) is 0. The van der Waals surface area contributed by atoms with E-state index >= 15 is 0 Å². The number of hydrogen-bond acceptors (Lipinski definition) is 5. The van der Waals surface area contributed by atoms with E-state index in [-0.39, 0.29) is 23.9 Å². The molecule has 0 radical (unpaired) electrons. The number of rotatable bonds is 14. The lowest BCUT2D eigenvalue weighted by atomic mass is 9.81. The van der Waals surface area contributed by atoms with E-state index in [2.05, 4.69) is 32.1 Å². The van der Waals surface area contributed by atoms with Gasteiger partial charge in [-0.15, -0.1) is 0 Å². The van der Waals surface area contributed by atoms with Crippen molar-refractivity contribution in [3.63, 3.8) is 0 Å². The molecule has 2 aliphatic rings. The molecular formula is C34H52O6. The summed E-state index contributed by atoms with van der Waals surface area (Å²) in [5, 5.41) is 19.1. The summed E-state index contributed by atoms with van der Waals surface area (Å²) in [6, 6.07) is 0. The van der Waals surface area contributed by atoms with Crippen LogP contribution in [0, 0.1) is 17.8 Å². The number of carboxylic acids is 1. The minimum absolute atomic E-state index is 0.00755. The molecule has 2 saturated heterocycles. The molecule has 2 rings (SSSR count). The summed E-state index contributed by atoms with van der Waals surface area (Å²) in [5.74, 6) is -0.745. The standard InChI is InChI=1S/C34H52O6/c1-7-9-28-21-23-34(40-32(28)18-13-24(3)10-15-29(35)8-2)22-20-27(6)31(39-34)17-12-25(4)11-16-30(36)26(5)14-19-33(37)38/h10-14,16,18-19,26-28,30-32,36H,7-9,15,17,20-23H2,1-6H3,(H,37,38)/b16-11+,18-13+,19-14+,24-10+,25-12+/t26?,27?,28?,30?,31?,32?,34-/m1/s1. The number of ketones is 1. The number of carbonyl (C=O) groups excluding carboxylic acids is 1. The molecule has 224 valence electrons. The van der Waals surface area contributed by atoms with Gasteiger partial charge in [0.1, 0.15) is 5.78 Å². The molecule has 6 heteroatoms. The summed E-state index contributed by atoms with van der Waals surface area (Å²) in [6.07, 6.45) is 21.8. The van der Waals surface area contributed by atoms with Crippen LogP contribution in [0.1, 0.15) is 99.3 Å². The Morgan fingerprint density at radius 2 is 1.70 bits per heavy atom. The largest absolute Gasteiger partial charge is 0.478 e. The van der Waals surface area contributed by atoms with Crippen LogP contribution in [0.4, 0.5) is 0 Å². The molecule has 2 N–H and O–H groups in total. The molecular weight excluding hydrogens is 504 g/mol. The van der Waals surface area contributed by atoms with Crippen LogP contribution in [0.2, 0.25) is 0 Å². The van der Waals surface area contributed by atoms with Crippen LogP contribution in [0.3, 0.4) is 0 Å². The van der Waals surface area contributed by atoms with Gasteiger partial charge in [-0.3, -0.25) is 4.79 Å². The number of carbonyl (C=O) groups is 2. The number of carboxylic acid groups (broad SMARTS) is 1. The monoisotopic (exact) mass is 556 g/mol. The highest BCUT2D eigenvalue weighted by molar-refractivity contribution is 5.80. The van der Waals surface area contributed by atoms with Crippen molar-refractivity contribution in [2.75, 3.05) is 0 Å². The quantitative estimate of drug-likeness (QED) is 0.170. The molecule has 2 fully saturated rings. The number of aliphatic hydroxyl groups is 1. The Bertz CT molecular complexity index is 973. The van der Waals surface area contributed by atoms with E-state index < -0.39 is 17.9 Å². The average Bonchev–Trinajstić information content (AvgIpc) is 2.93. The first kappa shape index (κ1) is 33.9. The van der Waals surface area contributed by atoms with Crippen LogP contribution < -0.4 is 0 Å². The molecule has 40 heavy (non-hydrogen) atoms. The normalized spacial score (nSPS) is 30.0. The topological polar surface area (TPSA) is 93.1 Å². The van der Waals surface area contributed by atoms with Gasteiger partial charge >= 0.3 is 5.97 Å². The van der Waals surface area contributed by atoms with Gasteiger partial charge in [-0.05, 0) is 51.4 Å². The molecule has 0 aromatic carbocycles. The van der Waals surface area contributed by atoms with Crippen LogP contribution >= 0.6 is 0 Å². The maximum atomic E-state index is 11.7. The van der Waals surface area contributed by atoms with Crippen LogP contribution in [0.15, 0.2) is 59.8 Å². The SMILES string of the molecule is CCCC1CC[C@@]2(CCC(C)C(C/C=C(C)/C=C/C(O)C(C)/C=C/C(=O)O)O2)OC1/C=C/C(C)=C/CC(=O)CC. The van der Waals surface area contributed by atoms with Crippen LogP contribution in [-0.4, -0.2) is 46.1 Å². The Morgan fingerprint density at radius 3 is 2.38 bits per heavy atom. The molecule has 0 saturated carbocycles. The fourth-order valence-corrected chi connectivity index (χ4v) is 5.36. The van der Waals surface area contributed by atoms with Crippen molar-refractivity contribution >= 4 is 11.8 Å². The number of aliphatic hydroxyl groups excluding tert-OH is 1. The molecule has 2 heterocycles. The molecule has 0 aromatic heterocycles. The highest BCUT2D eigenvalue weighted by atomic mass is 16.7. The highest BCUT2D eigenvalue weighted by Gasteiger charge is 2.46. The second kappa shape index (κ2) is 16.9. The number of hydrogen-bond donors (Lipinski definition) is 2. The van der Waals surface area contributed by atoms with Gasteiger partial charge in [0.25, 0.3) is 0 Å². The Hall–Kier alpha value is -2.28. The molecule has 6 unspecified atom stereocenters. The minimum atomic E-state index is -1.02. The molecule has 2 aliphatic heterocycles. The predicted octanol–water partition coefficient (Wildman–Crippen LogP) is 7.50. The van der Waals surface area contributed by atoms with Crippen LogP contribution in [-0.2, 0) is 19.1 Å². The fourth-order valence-electron chi connectivity index (χ4n) is 5.36. The Kier molecular flexibility index (Phi) is 14.3. The minimum Gasteiger partial charge on any atom is -0.478 e. The van der Waals surface area contributed by atoms with Crippen molar-refractivity contribution in [3.8, 4) is 0 Å². The first-order valence-corrected chi connectivity index (χ1v) is 15.1. The second-order valence-electron chi connectivity index (χ2n) is 11.7. The van der Waals surface area contributed by atoms with Gasteiger partial charge in [-0.25, -0.2) is 4.79 Å². The maximum absolute atomic E-state index is 11.7. The molecule has 7 atom stereocenters. The van der Waals surface area contributed by atoms with Crippen molar-refractivity contribution in [1.82, 2.24) is 0 Å². The van der Waals surface area contributed by atoms with Crippen LogP contribution in [0.25, 0.3) is 0 Å². The summed E-state index contributed by atoms with van der Waals surface area (Å²) >= 11 is 0. The second-order valence-corrected chi connectivity index (χ2v) is 11.7.